The van der Waals surface area contributed by atoms with Gasteiger partial charge in [-0.2, -0.15) is 0 Å². The maximum absolute atomic E-state index is 12.7. The SMILES string of the molecule is O=S(=O)(C1COC1)N1CCC2(CC1)C[C@H]([C@@H]1c3ccccc3-c3cncn31)[C@@H]2O. The third-order valence-electron chi connectivity index (χ3n) is 7.71. The molecule has 0 amide bonds. The van der Waals surface area contributed by atoms with E-state index in [2.05, 4.69) is 27.8 Å². The van der Waals surface area contributed by atoms with Gasteiger partial charge in [0, 0.05) is 24.6 Å². The number of sulfonamides is 1. The number of aromatic nitrogens is 2. The van der Waals surface area contributed by atoms with Crippen molar-refractivity contribution >= 4 is 10.0 Å². The first-order chi connectivity index (χ1) is 14.0. The van der Waals surface area contributed by atoms with Gasteiger partial charge < -0.3 is 14.4 Å². The molecule has 4 aliphatic rings. The van der Waals surface area contributed by atoms with Crippen molar-refractivity contribution in [3.8, 4) is 11.3 Å². The zero-order valence-corrected chi connectivity index (χ0v) is 17.0. The van der Waals surface area contributed by atoms with Crippen LogP contribution in [0.1, 0.15) is 30.9 Å². The van der Waals surface area contributed by atoms with E-state index in [0.717, 1.165) is 25.0 Å². The molecule has 7 nitrogen and oxygen atoms in total. The number of piperidine rings is 1. The Morgan fingerprint density at radius 3 is 2.62 bits per heavy atom. The smallest absolute Gasteiger partial charge is 0.221 e. The second-order valence-electron chi connectivity index (χ2n) is 9.00. The van der Waals surface area contributed by atoms with E-state index in [0.29, 0.717) is 26.3 Å². The van der Waals surface area contributed by atoms with Gasteiger partial charge in [-0.1, -0.05) is 24.3 Å². The fraction of sp³-hybridized carbons (Fsp3) is 0.571. The average molecular weight is 416 g/mol. The molecular formula is C21H25N3O4S. The molecule has 1 aromatic carbocycles. The van der Waals surface area contributed by atoms with Gasteiger partial charge in [-0.05, 0) is 30.2 Å². The molecule has 6 rings (SSSR count). The topological polar surface area (TPSA) is 84.7 Å². The molecule has 1 aromatic heterocycles. The van der Waals surface area contributed by atoms with Crippen LogP contribution in [0.4, 0.5) is 0 Å². The van der Waals surface area contributed by atoms with E-state index in [1.807, 2.05) is 18.6 Å². The van der Waals surface area contributed by atoms with Crippen molar-refractivity contribution in [2.75, 3.05) is 26.3 Å². The van der Waals surface area contributed by atoms with Crippen molar-refractivity contribution in [3.05, 3.63) is 42.4 Å². The van der Waals surface area contributed by atoms with E-state index in [4.69, 9.17) is 4.74 Å². The van der Waals surface area contributed by atoms with Crippen LogP contribution in [0.5, 0.6) is 0 Å². The molecule has 2 aromatic rings. The number of hydrogen-bond donors (Lipinski definition) is 1. The lowest BCUT2D eigenvalue weighted by Gasteiger charge is -2.57. The zero-order valence-electron chi connectivity index (χ0n) is 16.1. The van der Waals surface area contributed by atoms with Crippen LogP contribution in [0, 0.1) is 11.3 Å². The van der Waals surface area contributed by atoms with Crippen molar-refractivity contribution in [1.82, 2.24) is 13.9 Å². The van der Waals surface area contributed by atoms with Crippen LogP contribution in [0.25, 0.3) is 11.3 Å². The summed E-state index contributed by atoms with van der Waals surface area (Å²) in [5.41, 5.74) is 3.41. The Kier molecular flexibility index (Phi) is 3.82. The van der Waals surface area contributed by atoms with Crippen LogP contribution in [0.15, 0.2) is 36.8 Å². The highest BCUT2D eigenvalue weighted by Crippen LogP contribution is 2.59. The van der Waals surface area contributed by atoms with Crippen molar-refractivity contribution < 1.29 is 18.3 Å². The van der Waals surface area contributed by atoms with E-state index in [9.17, 15) is 13.5 Å². The first-order valence-corrected chi connectivity index (χ1v) is 11.9. The van der Waals surface area contributed by atoms with E-state index in [1.165, 1.54) is 11.1 Å². The Bertz CT molecular complexity index is 1050. The molecule has 8 heteroatoms. The Morgan fingerprint density at radius 1 is 1.17 bits per heavy atom. The summed E-state index contributed by atoms with van der Waals surface area (Å²) in [7, 11) is -3.26. The van der Waals surface area contributed by atoms with Crippen LogP contribution in [0.2, 0.25) is 0 Å². The summed E-state index contributed by atoms with van der Waals surface area (Å²) >= 11 is 0. The minimum atomic E-state index is -3.26. The fourth-order valence-corrected chi connectivity index (χ4v) is 7.52. The monoisotopic (exact) mass is 415 g/mol. The minimum Gasteiger partial charge on any atom is -0.392 e. The number of ether oxygens (including phenoxy) is 1. The number of rotatable bonds is 3. The lowest BCUT2D eigenvalue weighted by Crippen LogP contribution is -2.61. The molecule has 0 bridgehead atoms. The van der Waals surface area contributed by atoms with Gasteiger partial charge in [-0.15, -0.1) is 0 Å². The molecule has 3 fully saturated rings. The van der Waals surface area contributed by atoms with Crippen molar-refractivity contribution in [3.63, 3.8) is 0 Å². The molecule has 1 N–H and O–H groups in total. The molecule has 3 atom stereocenters. The third-order valence-corrected chi connectivity index (χ3v) is 9.91. The predicted molar refractivity (Wildman–Crippen MR) is 107 cm³/mol. The number of hydrogen-bond acceptors (Lipinski definition) is 5. The second kappa shape index (κ2) is 6.14. The molecule has 0 radical (unpaired) electrons. The molecule has 154 valence electrons. The molecule has 1 saturated carbocycles. The van der Waals surface area contributed by atoms with Crippen molar-refractivity contribution in [2.24, 2.45) is 11.3 Å². The van der Waals surface area contributed by atoms with E-state index in [1.54, 1.807) is 4.31 Å². The van der Waals surface area contributed by atoms with Gasteiger partial charge in [-0.3, -0.25) is 0 Å². The Balaban J connectivity index is 1.21. The first kappa shape index (κ1) is 18.1. The zero-order chi connectivity index (χ0) is 19.8. The highest BCUT2D eigenvalue weighted by molar-refractivity contribution is 7.89. The van der Waals surface area contributed by atoms with Crippen LogP contribution >= 0.6 is 0 Å². The molecule has 2 saturated heterocycles. The van der Waals surface area contributed by atoms with Crippen LogP contribution in [-0.2, 0) is 14.8 Å². The quantitative estimate of drug-likeness (QED) is 0.824. The fourth-order valence-electron chi connectivity index (χ4n) is 5.87. The van der Waals surface area contributed by atoms with Gasteiger partial charge in [-0.25, -0.2) is 17.7 Å². The molecule has 1 aliphatic carbocycles. The first-order valence-electron chi connectivity index (χ1n) is 10.4. The summed E-state index contributed by atoms with van der Waals surface area (Å²) in [6.07, 6.45) is 5.71. The number of aliphatic hydroxyl groups excluding tert-OH is 1. The highest BCUT2D eigenvalue weighted by atomic mass is 32.2. The maximum Gasteiger partial charge on any atom is 0.221 e. The maximum atomic E-state index is 12.7. The minimum absolute atomic E-state index is 0.109. The van der Waals surface area contributed by atoms with Crippen molar-refractivity contribution in [1.29, 1.82) is 0 Å². The van der Waals surface area contributed by atoms with Gasteiger partial charge in [0.05, 0.1) is 43.6 Å². The number of fused-ring (bicyclic) bond motifs is 3. The molecule has 29 heavy (non-hydrogen) atoms. The van der Waals surface area contributed by atoms with Crippen LogP contribution in [-0.4, -0.2) is 65.0 Å². The molecule has 4 heterocycles. The lowest BCUT2D eigenvalue weighted by molar-refractivity contribution is -0.152. The normalized spacial score (nSPS) is 31.1. The predicted octanol–water partition coefficient (Wildman–Crippen LogP) is 1.64. The van der Waals surface area contributed by atoms with E-state index in [-0.39, 0.29) is 22.6 Å². The second-order valence-corrected chi connectivity index (χ2v) is 11.2. The summed E-state index contributed by atoms with van der Waals surface area (Å²) in [6, 6.07) is 8.48. The third kappa shape index (κ3) is 2.40. The summed E-state index contributed by atoms with van der Waals surface area (Å²) in [6.45, 7) is 1.62. The van der Waals surface area contributed by atoms with E-state index < -0.39 is 16.1 Å². The Hall–Kier alpha value is -1.74. The van der Waals surface area contributed by atoms with Gasteiger partial charge >= 0.3 is 0 Å². The van der Waals surface area contributed by atoms with Gasteiger partial charge in [0.2, 0.25) is 10.0 Å². The highest BCUT2D eigenvalue weighted by Gasteiger charge is 2.58. The standard InChI is InChI=1S/C21H25N3O4S/c25-20-17(19-16-4-2-1-3-15(16)18-10-22-13-24(18)19)9-21(20)5-7-23(8-6-21)29(26,27)14-11-28-12-14/h1-4,10,13-14,17,19-20,25H,5-9,11-12H2/t17-,19+,20+/m1/s1. The molecule has 3 aliphatic heterocycles. The summed E-state index contributed by atoms with van der Waals surface area (Å²) in [5.74, 6) is 0.134. The largest absolute Gasteiger partial charge is 0.392 e. The van der Waals surface area contributed by atoms with E-state index >= 15 is 0 Å². The Labute approximate surface area is 170 Å². The number of aliphatic hydroxyl groups is 1. The van der Waals surface area contributed by atoms with Crippen LogP contribution in [0.3, 0.4) is 0 Å². The van der Waals surface area contributed by atoms with Crippen LogP contribution < -0.4 is 0 Å². The number of imidazole rings is 1. The Morgan fingerprint density at radius 2 is 1.93 bits per heavy atom. The van der Waals surface area contributed by atoms with Gasteiger partial charge in [0.15, 0.2) is 0 Å². The summed E-state index contributed by atoms with van der Waals surface area (Å²) < 4.78 is 34.2. The number of benzene rings is 1. The average Bonchev–Trinajstić information content (AvgIpc) is 3.26. The summed E-state index contributed by atoms with van der Waals surface area (Å²) in [4.78, 5) is 4.33. The number of nitrogens with zero attached hydrogens (tertiary/aromatic N) is 3. The lowest BCUT2D eigenvalue weighted by atomic mass is 9.53. The van der Waals surface area contributed by atoms with Crippen molar-refractivity contribution in [2.45, 2.75) is 36.7 Å². The molecular weight excluding hydrogens is 390 g/mol. The molecule has 0 unspecified atom stereocenters. The van der Waals surface area contributed by atoms with Gasteiger partial charge in [0.1, 0.15) is 5.25 Å². The van der Waals surface area contributed by atoms with Gasteiger partial charge in [0.25, 0.3) is 0 Å². The molecule has 1 spiro atoms. The summed E-state index contributed by atoms with van der Waals surface area (Å²) in [5, 5.41) is 10.9.